The van der Waals surface area contributed by atoms with Gasteiger partial charge >= 0.3 is 0 Å². The van der Waals surface area contributed by atoms with Gasteiger partial charge in [-0.05, 0) is 25.0 Å². The Hall–Kier alpha value is -2.70. The van der Waals surface area contributed by atoms with E-state index in [1.807, 2.05) is 6.07 Å². The normalized spacial score (nSPS) is 18.5. The highest BCUT2D eigenvalue weighted by atomic mass is 16.2. The molecule has 2 N–H and O–H groups in total. The van der Waals surface area contributed by atoms with E-state index in [0.717, 1.165) is 32.1 Å². The van der Waals surface area contributed by atoms with Crippen molar-refractivity contribution < 1.29 is 14.4 Å². The maximum absolute atomic E-state index is 12.3. The largest absolute Gasteiger partial charge is 0.285 e. The summed E-state index contributed by atoms with van der Waals surface area (Å²) in [5.74, 6) is -0.822. The smallest absolute Gasteiger partial charge is 0.273 e. The molecule has 0 radical (unpaired) electrons. The molecule has 7 heteroatoms. The van der Waals surface area contributed by atoms with Crippen LogP contribution in [-0.4, -0.2) is 23.4 Å². The monoisotopic (exact) mass is 342 g/mol. The minimum absolute atomic E-state index is 0.0373. The number of hydrazine groups is 1. The summed E-state index contributed by atoms with van der Waals surface area (Å²) in [7, 11) is 0. The second kappa shape index (κ2) is 7.92. The number of rotatable bonds is 3. The summed E-state index contributed by atoms with van der Waals surface area (Å²) in [6.45, 7) is 0. The van der Waals surface area contributed by atoms with Crippen LogP contribution in [0.4, 0.5) is 5.69 Å². The van der Waals surface area contributed by atoms with E-state index < -0.39 is 5.91 Å². The minimum atomic E-state index is -0.474. The Morgan fingerprint density at radius 3 is 2.44 bits per heavy atom. The van der Waals surface area contributed by atoms with Gasteiger partial charge in [-0.15, -0.1) is 0 Å². The maximum Gasteiger partial charge on any atom is 0.285 e. The van der Waals surface area contributed by atoms with Gasteiger partial charge < -0.3 is 0 Å². The fraction of sp³-hybridized carbons (Fsp3) is 0.444. The number of anilines is 1. The van der Waals surface area contributed by atoms with Gasteiger partial charge in [-0.1, -0.05) is 37.5 Å². The first-order valence-corrected chi connectivity index (χ1v) is 8.71. The lowest BCUT2D eigenvalue weighted by Crippen LogP contribution is -2.49. The standard InChI is InChI=1S/C18H22N4O3/c23-16-12-11-15(21-22(16)14-9-5-2-6-10-14)18(25)20-19-17(24)13-7-3-1-4-8-13/h2,5-6,9-10,13H,1,3-4,7-8,11-12H2,(H,19,24)(H,20,25). The van der Waals surface area contributed by atoms with Crippen LogP contribution >= 0.6 is 0 Å². The van der Waals surface area contributed by atoms with Crippen molar-refractivity contribution in [3.63, 3.8) is 0 Å². The first-order valence-electron chi connectivity index (χ1n) is 8.71. The van der Waals surface area contributed by atoms with E-state index in [-0.39, 0.29) is 36.3 Å². The van der Waals surface area contributed by atoms with Crippen molar-refractivity contribution >= 4 is 29.1 Å². The summed E-state index contributed by atoms with van der Waals surface area (Å²) in [6, 6.07) is 8.96. The van der Waals surface area contributed by atoms with Crippen molar-refractivity contribution in [2.45, 2.75) is 44.9 Å². The third kappa shape index (κ3) is 4.23. The summed E-state index contributed by atoms with van der Waals surface area (Å²) < 4.78 is 0. The van der Waals surface area contributed by atoms with Crippen LogP contribution < -0.4 is 15.9 Å². The van der Waals surface area contributed by atoms with Crippen LogP contribution in [0.5, 0.6) is 0 Å². The van der Waals surface area contributed by atoms with E-state index in [2.05, 4.69) is 16.0 Å². The topological polar surface area (TPSA) is 90.9 Å². The van der Waals surface area contributed by atoms with Crippen molar-refractivity contribution in [1.82, 2.24) is 10.9 Å². The van der Waals surface area contributed by atoms with Crippen molar-refractivity contribution in [1.29, 1.82) is 0 Å². The Morgan fingerprint density at radius 2 is 1.72 bits per heavy atom. The molecule has 1 aromatic carbocycles. The summed E-state index contributed by atoms with van der Waals surface area (Å²) in [4.78, 5) is 36.4. The van der Waals surface area contributed by atoms with Crippen LogP contribution in [0.2, 0.25) is 0 Å². The molecule has 0 atom stereocenters. The molecule has 0 bridgehead atoms. The Kier molecular flexibility index (Phi) is 5.42. The number of benzene rings is 1. The lowest BCUT2D eigenvalue weighted by Gasteiger charge is -2.24. The van der Waals surface area contributed by atoms with E-state index in [4.69, 9.17) is 0 Å². The molecule has 2 aliphatic rings. The maximum atomic E-state index is 12.3. The summed E-state index contributed by atoms with van der Waals surface area (Å²) in [5.41, 5.74) is 5.77. The average Bonchev–Trinajstić information content (AvgIpc) is 2.67. The van der Waals surface area contributed by atoms with Gasteiger partial charge in [-0.3, -0.25) is 25.2 Å². The molecule has 0 unspecified atom stereocenters. The van der Waals surface area contributed by atoms with Crippen LogP contribution in [0.3, 0.4) is 0 Å². The third-order valence-corrected chi connectivity index (χ3v) is 4.57. The quantitative estimate of drug-likeness (QED) is 0.822. The molecule has 0 aromatic heterocycles. The molecule has 25 heavy (non-hydrogen) atoms. The number of hydrogen-bond donors (Lipinski definition) is 2. The van der Waals surface area contributed by atoms with Crippen molar-refractivity contribution in [2.75, 3.05) is 5.01 Å². The zero-order chi connectivity index (χ0) is 17.6. The molecule has 132 valence electrons. The highest BCUT2D eigenvalue weighted by Crippen LogP contribution is 2.23. The molecule has 1 fully saturated rings. The van der Waals surface area contributed by atoms with E-state index in [1.54, 1.807) is 24.3 Å². The van der Waals surface area contributed by atoms with Crippen LogP contribution in [-0.2, 0) is 14.4 Å². The second-order valence-corrected chi connectivity index (χ2v) is 6.37. The third-order valence-electron chi connectivity index (χ3n) is 4.57. The van der Waals surface area contributed by atoms with E-state index >= 15 is 0 Å². The number of amides is 3. The Labute approximate surface area is 146 Å². The molecule has 0 spiro atoms. The predicted octanol–water partition coefficient (Wildman–Crippen LogP) is 1.90. The van der Waals surface area contributed by atoms with Crippen molar-refractivity contribution in [3.05, 3.63) is 30.3 Å². The molecule has 1 aliphatic carbocycles. The Bertz CT molecular complexity index is 681. The molecule has 1 saturated carbocycles. The highest BCUT2D eigenvalue weighted by Gasteiger charge is 2.26. The summed E-state index contributed by atoms with van der Waals surface area (Å²) in [5, 5.41) is 5.40. The first-order chi connectivity index (χ1) is 12.1. The highest BCUT2D eigenvalue weighted by molar-refractivity contribution is 6.40. The average molecular weight is 342 g/mol. The molecule has 3 amide bonds. The van der Waals surface area contributed by atoms with Crippen LogP contribution in [0.15, 0.2) is 35.4 Å². The van der Waals surface area contributed by atoms with E-state index in [1.165, 1.54) is 5.01 Å². The fourth-order valence-corrected chi connectivity index (χ4v) is 3.14. The Morgan fingerprint density at radius 1 is 1.00 bits per heavy atom. The number of nitrogens with one attached hydrogen (secondary N) is 2. The SMILES string of the molecule is O=C(NNC(=O)C1CCCCC1)C1=NN(c2ccccc2)C(=O)CC1. The van der Waals surface area contributed by atoms with Gasteiger partial charge in [0.2, 0.25) is 11.8 Å². The van der Waals surface area contributed by atoms with E-state index in [9.17, 15) is 14.4 Å². The number of hydrogen-bond acceptors (Lipinski definition) is 4. The molecule has 7 nitrogen and oxygen atoms in total. The molecule has 3 rings (SSSR count). The number of hydrazone groups is 1. The molecule has 0 saturated heterocycles. The van der Waals surface area contributed by atoms with Gasteiger partial charge in [0.25, 0.3) is 5.91 Å². The van der Waals surface area contributed by atoms with Crippen molar-refractivity contribution in [2.24, 2.45) is 11.0 Å². The van der Waals surface area contributed by atoms with Gasteiger partial charge in [0, 0.05) is 18.8 Å². The fourth-order valence-electron chi connectivity index (χ4n) is 3.14. The molecule has 1 aromatic rings. The van der Waals surface area contributed by atoms with Gasteiger partial charge in [-0.25, -0.2) is 5.01 Å². The summed E-state index contributed by atoms with van der Waals surface area (Å²) >= 11 is 0. The number of nitrogens with zero attached hydrogens (tertiary/aromatic N) is 2. The number of carbonyl (C=O) groups excluding carboxylic acids is 3. The van der Waals surface area contributed by atoms with Gasteiger partial charge in [0.05, 0.1) is 5.69 Å². The minimum Gasteiger partial charge on any atom is -0.273 e. The molecular weight excluding hydrogens is 320 g/mol. The van der Waals surface area contributed by atoms with Crippen LogP contribution in [0, 0.1) is 5.92 Å². The molecule has 1 aliphatic heterocycles. The van der Waals surface area contributed by atoms with Gasteiger partial charge in [0.15, 0.2) is 0 Å². The molecular formula is C18H22N4O3. The van der Waals surface area contributed by atoms with Crippen LogP contribution in [0.25, 0.3) is 0 Å². The lowest BCUT2D eigenvalue weighted by molar-refractivity contribution is -0.130. The number of carbonyl (C=O) groups is 3. The van der Waals surface area contributed by atoms with Gasteiger partial charge in [-0.2, -0.15) is 5.10 Å². The van der Waals surface area contributed by atoms with E-state index in [0.29, 0.717) is 5.69 Å². The zero-order valence-electron chi connectivity index (χ0n) is 14.0. The zero-order valence-corrected chi connectivity index (χ0v) is 14.0. The lowest BCUT2D eigenvalue weighted by atomic mass is 9.89. The first kappa shape index (κ1) is 17.1. The summed E-state index contributed by atoms with van der Waals surface area (Å²) in [6.07, 6.45) is 5.44. The number of para-hydroxylation sites is 1. The molecule has 1 heterocycles. The van der Waals surface area contributed by atoms with Crippen LogP contribution in [0.1, 0.15) is 44.9 Å². The second-order valence-electron chi connectivity index (χ2n) is 6.37. The predicted molar refractivity (Wildman–Crippen MR) is 93.5 cm³/mol. The Balaban J connectivity index is 1.61. The van der Waals surface area contributed by atoms with Crippen molar-refractivity contribution in [3.8, 4) is 0 Å². The van der Waals surface area contributed by atoms with Gasteiger partial charge in [0.1, 0.15) is 5.71 Å².